The van der Waals surface area contributed by atoms with Crippen LogP contribution in [0.2, 0.25) is 0 Å². The standard InChI is InChI=1S/C30H28O12/c31-13-7-19(36)24-23(8-13)42-30(12-2-4-16(33)18(35)6-12)28(40)26(24)25-20(37)10-22-14(27(25)39)9-21(38)29(41-22)11-1-3-15(32)17(34)5-11/h1-5,7-8,10,12,21,26,28-40H,6,9H2/t12?,21-,26-,28-,29?,30-/m1/s1. The van der Waals surface area contributed by atoms with Crippen LogP contribution in [0.4, 0.5) is 0 Å². The highest BCUT2D eigenvalue weighted by molar-refractivity contribution is 5.65. The monoisotopic (exact) mass is 580 g/mol. The van der Waals surface area contributed by atoms with Crippen LogP contribution in [0, 0.1) is 5.92 Å². The predicted molar refractivity (Wildman–Crippen MR) is 144 cm³/mol. The van der Waals surface area contributed by atoms with Crippen LogP contribution in [0.1, 0.15) is 40.7 Å². The van der Waals surface area contributed by atoms with Crippen LogP contribution >= 0.6 is 0 Å². The number of fused-ring (bicyclic) bond motifs is 2. The van der Waals surface area contributed by atoms with Crippen LogP contribution in [0.3, 0.4) is 0 Å². The number of benzene rings is 3. The molecule has 3 aliphatic rings. The van der Waals surface area contributed by atoms with Gasteiger partial charge >= 0.3 is 0 Å². The number of hydrogen-bond acceptors (Lipinski definition) is 12. The lowest BCUT2D eigenvalue weighted by molar-refractivity contribution is -0.0167. The highest BCUT2D eigenvalue weighted by atomic mass is 16.5. The van der Waals surface area contributed by atoms with Crippen LogP contribution in [-0.2, 0) is 6.42 Å². The second kappa shape index (κ2) is 9.86. The third-order valence-electron chi connectivity index (χ3n) is 8.04. The average molecular weight is 581 g/mol. The number of aliphatic hydroxyl groups excluding tert-OH is 4. The molecule has 0 bridgehead atoms. The first-order valence-corrected chi connectivity index (χ1v) is 13.1. The molecular formula is C30H28O12. The summed E-state index contributed by atoms with van der Waals surface area (Å²) in [6.07, 6.45) is -2.41. The first-order chi connectivity index (χ1) is 19.9. The van der Waals surface area contributed by atoms with Crippen LogP contribution in [-0.4, -0.2) is 69.4 Å². The Hall–Kier alpha value is -4.94. The molecule has 3 aromatic rings. The van der Waals surface area contributed by atoms with Crippen molar-refractivity contribution in [3.8, 4) is 46.0 Å². The molecule has 220 valence electrons. The average Bonchev–Trinajstić information content (AvgIpc) is 2.93. The number of hydrogen-bond donors (Lipinski definition) is 10. The molecule has 0 fully saturated rings. The molecule has 3 aromatic carbocycles. The SMILES string of the molecule is OC1=C(O)CC([C@H]2Oc3cc(O)cc(O)c3[C@H](c3c(O)cc4c(c3O)C[C@@H](O)C(c3ccc(O)c(O)c3)O4)[C@H]2O)C=C1. The van der Waals surface area contributed by atoms with E-state index in [1.54, 1.807) is 0 Å². The first kappa shape index (κ1) is 27.2. The summed E-state index contributed by atoms with van der Waals surface area (Å²) >= 11 is 0. The second-order valence-electron chi connectivity index (χ2n) is 10.7. The van der Waals surface area contributed by atoms with Gasteiger partial charge in [0, 0.05) is 53.6 Å². The van der Waals surface area contributed by atoms with Gasteiger partial charge in [-0.05, 0) is 23.8 Å². The molecule has 12 nitrogen and oxygen atoms in total. The Morgan fingerprint density at radius 1 is 0.690 bits per heavy atom. The fourth-order valence-corrected chi connectivity index (χ4v) is 6.01. The summed E-state index contributed by atoms with van der Waals surface area (Å²) in [7, 11) is 0. The number of phenols is 6. The molecule has 12 heteroatoms. The maximum absolute atomic E-state index is 11.6. The molecule has 0 radical (unpaired) electrons. The third kappa shape index (κ3) is 4.32. The number of rotatable bonds is 3. The van der Waals surface area contributed by atoms with E-state index in [2.05, 4.69) is 0 Å². The Morgan fingerprint density at radius 2 is 1.43 bits per heavy atom. The quantitative estimate of drug-likeness (QED) is 0.202. The lowest BCUT2D eigenvalue weighted by atomic mass is 9.75. The normalized spacial score (nSPS) is 26.6. The number of aromatic hydroxyl groups is 6. The van der Waals surface area contributed by atoms with Gasteiger partial charge < -0.3 is 60.5 Å². The molecule has 2 aliphatic heterocycles. The Bertz CT molecular complexity index is 1640. The Labute approximate surface area is 238 Å². The first-order valence-electron chi connectivity index (χ1n) is 13.1. The minimum absolute atomic E-state index is 0.0191. The minimum Gasteiger partial charge on any atom is -0.508 e. The largest absolute Gasteiger partial charge is 0.508 e. The molecule has 10 N–H and O–H groups in total. The van der Waals surface area contributed by atoms with Gasteiger partial charge in [-0.15, -0.1) is 0 Å². The van der Waals surface area contributed by atoms with Gasteiger partial charge in [0.05, 0.1) is 12.0 Å². The zero-order valence-corrected chi connectivity index (χ0v) is 21.8. The van der Waals surface area contributed by atoms with E-state index in [0.29, 0.717) is 5.56 Å². The highest BCUT2D eigenvalue weighted by Gasteiger charge is 2.47. The number of ether oxygens (including phenoxy) is 2. The van der Waals surface area contributed by atoms with Crippen LogP contribution in [0.15, 0.2) is 60.1 Å². The van der Waals surface area contributed by atoms with Gasteiger partial charge in [0.15, 0.2) is 17.3 Å². The molecule has 0 saturated carbocycles. The van der Waals surface area contributed by atoms with Gasteiger partial charge in [0.2, 0.25) is 0 Å². The van der Waals surface area contributed by atoms with Crippen molar-refractivity contribution in [1.29, 1.82) is 0 Å². The molecule has 0 saturated heterocycles. The van der Waals surface area contributed by atoms with Crippen LogP contribution in [0.5, 0.6) is 46.0 Å². The molecule has 0 amide bonds. The topological polar surface area (TPSA) is 221 Å². The van der Waals surface area contributed by atoms with E-state index in [0.717, 1.165) is 6.07 Å². The van der Waals surface area contributed by atoms with E-state index >= 15 is 0 Å². The Morgan fingerprint density at radius 3 is 2.14 bits per heavy atom. The molecule has 1 aliphatic carbocycles. The van der Waals surface area contributed by atoms with Crippen molar-refractivity contribution in [3.63, 3.8) is 0 Å². The van der Waals surface area contributed by atoms with E-state index < -0.39 is 59.2 Å². The molecule has 6 atom stereocenters. The van der Waals surface area contributed by atoms with Crippen molar-refractivity contribution < 1.29 is 60.5 Å². The number of phenolic OH excluding ortho intramolecular Hbond substituents is 6. The molecular weight excluding hydrogens is 552 g/mol. The van der Waals surface area contributed by atoms with Crippen LogP contribution in [0.25, 0.3) is 0 Å². The fraction of sp³-hybridized carbons (Fsp3) is 0.267. The number of aliphatic hydroxyl groups is 4. The summed E-state index contributed by atoms with van der Waals surface area (Å²) in [5.41, 5.74) is 0.208. The fourth-order valence-electron chi connectivity index (χ4n) is 6.01. The summed E-state index contributed by atoms with van der Waals surface area (Å²) in [4.78, 5) is 0. The molecule has 42 heavy (non-hydrogen) atoms. The van der Waals surface area contributed by atoms with Gasteiger partial charge in [-0.2, -0.15) is 0 Å². The Kier molecular flexibility index (Phi) is 6.39. The molecule has 2 unspecified atom stereocenters. The van der Waals surface area contributed by atoms with E-state index in [-0.39, 0.29) is 64.0 Å². The molecule has 2 heterocycles. The van der Waals surface area contributed by atoms with Crippen molar-refractivity contribution in [2.75, 3.05) is 0 Å². The maximum Gasteiger partial charge on any atom is 0.157 e. The highest BCUT2D eigenvalue weighted by Crippen LogP contribution is 2.55. The lowest BCUT2D eigenvalue weighted by Gasteiger charge is -2.41. The molecule has 6 rings (SSSR count). The smallest absolute Gasteiger partial charge is 0.157 e. The van der Waals surface area contributed by atoms with Crippen molar-refractivity contribution in [1.82, 2.24) is 0 Å². The lowest BCUT2D eigenvalue weighted by Crippen LogP contribution is -2.46. The van der Waals surface area contributed by atoms with Crippen molar-refractivity contribution >= 4 is 0 Å². The maximum atomic E-state index is 11.6. The minimum atomic E-state index is -1.53. The van der Waals surface area contributed by atoms with E-state index in [1.165, 1.54) is 42.5 Å². The number of allylic oxidation sites excluding steroid dienone is 2. The summed E-state index contributed by atoms with van der Waals surface area (Å²) in [6, 6.07) is 7.33. The van der Waals surface area contributed by atoms with Gasteiger partial charge in [-0.1, -0.05) is 12.1 Å². The predicted octanol–water partition coefficient (Wildman–Crippen LogP) is 3.11. The van der Waals surface area contributed by atoms with E-state index in [1.807, 2.05) is 0 Å². The summed E-state index contributed by atoms with van der Waals surface area (Å²) in [5, 5.41) is 106. The zero-order valence-electron chi connectivity index (χ0n) is 21.8. The summed E-state index contributed by atoms with van der Waals surface area (Å²) < 4.78 is 11.9. The van der Waals surface area contributed by atoms with Crippen molar-refractivity contribution in [2.45, 2.75) is 43.2 Å². The van der Waals surface area contributed by atoms with Crippen molar-refractivity contribution in [2.24, 2.45) is 5.92 Å². The molecule has 0 spiro atoms. The van der Waals surface area contributed by atoms with Gasteiger partial charge in [0.25, 0.3) is 0 Å². The zero-order chi connectivity index (χ0) is 30.0. The second-order valence-corrected chi connectivity index (χ2v) is 10.7. The van der Waals surface area contributed by atoms with Gasteiger partial charge in [0.1, 0.15) is 58.6 Å². The van der Waals surface area contributed by atoms with Crippen LogP contribution < -0.4 is 9.47 Å². The Balaban J connectivity index is 1.44. The van der Waals surface area contributed by atoms with Gasteiger partial charge in [-0.3, -0.25) is 0 Å². The third-order valence-corrected chi connectivity index (χ3v) is 8.04. The molecule has 0 aromatic heterocycles. The van der Waals surface area contributed by atoms with E-state index in [9.17, 15) is 51.1 Å². The van der Waals surface area contributed by atoms with Crippen molar-refractivity contribution in [3.05, 3.63) is 82.3 Å². The summed E-state index contributed by atoms with van der Waals surface area (Å²) in [6.45, 7) is 0. The summed E-state index contributed by atoms with van der Waals surface area (Å²) in [5.74, 6) is -5.34. The van der Waals surface area contributed by atoms with Gasteiger partial charge in [-0.25, -0.2) is 0 Å². The van der Waals surface area contributed by atoms with E-state index in [4.69, 9.17) is 9.47 Å².